The molecule has 0 aliphatic rings. The number of nitrogens with one attached hydrogen (secondary N) is 2. The molecule has 2 N–H and O–H groups in total. The molecule has 0 bridgehead atoms. The predicted octanol–water partition coefficient (Wildman–Crippen LogP) is 2.01. The molecule has 3 aromatic carbocycles. The number of sulfone groups is 1. The van der Waals surface area contributed by atoms with Crippen molar-refractivity contribution < 1.29 is 27.5 Å². The summed E-state index contributed by atoms with van der Waals surface area (Å²) < 4.78 is 29.8. The number of ether oxygens (including phenoxy) is 1. The van der Waals surface area contributed by atoms with Crippen LogP contribution in [0.4, 0.5) is 0 Å². The highest BCUT2D eigenvalue weighted by Crippen LogP contribution is 2.20. The van der Waals surface area contributed by atoms with Crippen LogP contribution in [0, 0.1) is 0 Å². The summed E-state index contributed by atoms with van der Waals surface area (Å²) in [6, 6.07) is 20.3. The van der Waals surface area contributed by atoms with E-state index in [-0.39, 0.29) is 4.90 Å². The first-order valence-electron chi connectivity index (χ1n) is 9.36. The van der Waals surface area contributed by atoms with E-state index in [9.17, 15) is 22.8 Å². The van der Waals surface area contributed by atoms with Crippen molar-refractivity contribution in [2.75, 3.05) is 12.4 Å². The second kappa shape index (κ2) is 9.86. The monoisotopic (exact) mass is 440 g/mol. The first kappa shape index (κ1) is 22.0. The van der Waals surface area contributed by atoms with Crippen LogP contribution in [-0.2, 0) is 24.2 Å². The topological polar surface area (TPSA) is 119 Å². The van der Waals surface area contributed by atoms with E-state index in [1.807, 2.05) is 18.2 Å². The number of carbonyl (C=O) groups excluding carboxylic acids is 3. The first-order chi connectivity index (χ1) is 14.8. The molecule has 0 unspecified atom stereocenters. The van der Waals surface area contributed by atoms with Gasteiger partial charge in [0, 0.05) is 5.56 Å². The average Bonchev–Trinajstić information content (AvgIpc) is 2.80. The van der Waals surface area contributed by atoms with E-state index in [1.165, 1.54) is 6.07 Å². The molecule has 3 rings (SSSR count). The number of hydrogen-bond donors (Lipinski definition) is 2. The number of benzene rings is 3. The molecule has 0 radical (unpaired) electrons. The van der Waals surface area contributed by atoms with Crippen LogP contribution in [0.5, 0.6) is 0 Å². The number of rotatable bonds is 7. The van der Waals surface area contributed by atoms with Crippen molar-refractivity contribution in [3.8, 4) is 0 Å². The van der Waals surface area contributed by atoms with Gasteiger partial charge in [-0.25, -0.2) is 8.42 Å². The number of hydrogen-bond acceptors (Lipinski definition) is 6. The lowest BCUT2D eigenvalue weighted by molar-refractivity contribution is -0.148. The summed E-state index contributed by atoms with van der Waals surface area (Å²) >= 11 is 0. The molecule has 2 amide bonds. The molecule has 0 atom stereocenters. The zero-order valence-corrected chi connectivity index (χ0v) is 17.2. The molecule has 0 aliphatic heterocycles. The molecule has 9 heteroatoms. The zero-order valence-electron chi connectivity index (χ0n) is 16.4. The maximum atomic E-state index is 12.5. The molecular weight excluding hydrogens is 420 g/mol. The smallest absolute Gasteiger partial charge is 0.307 e. The summed E-state index contributed by atoms with van der Waals surface area (Å²) in [6.07, 6.45) is -0.404. The Morgan fingerprint density at radius 3 is 2.23 bits per heavy atom. The van der Waals surface area contributed by atoms with Crippen molar-refractivity contribution in [2.24, 2.45) is 0 Å². The Hall–Kier alpha value is -3.72. The highest BCUT2D eigenvalue weighted by Gasteiger charge is 2.18. The fourth-order valence-corrected chi connectivity index (χ4v) is 3.99. The second-order valence-corrected chi connectivity index (χ2v) is 8.72. The van der Waals surface area contributed by atoms with Crippen LogP contribution in [-0.4, -0.2) is 38.6 Å². The number of amides is 2. The molecule has 3 aromatic rings. The normalized spacial score (nSPS) is 11.0. The molecule has 160 valence electrons. The van der Waals surface area contributed by atoms with Crippen molar-refractivity contribution in [3.05, 3.63) is 78.4 Å². The molecule has 0 heterocycles. The van der Waals surface area contributed by atoms with Crippen LogP contribution < -0.4 is 10.9 Å². The third-order valence-corrected chi connectivity index (χ3v) is 6.08. The lowest BCUT2D eigenvalue weighted by Crippen LogP contribution is -2.43. The van der Waals surface area contributed by atoms with Gasteiger partial charge in [0.2, 0.25) is 0 Å². The van der Waals surface area contributed by atoms with Gasteiger partial charge in [-0.3, -0.25) is 25.2 Å². The fourth-order valence-electron chi connectivity index (χ4n) is 2.74. The summed E-state index contributed by atoms with van der Waals surface area (Å²) in [5.41, 5.74) is 4.65. The van der Waals surface area contributed by atoms with Gasteiger partial charge in [0.15, 0.2) is 16.4 Å². The third-order valence-electron chi connectivity index (χ3n) is 4.37. The minimum Gasteiger partial charge on any atom is -0.455 e. The van der Waals surface area contributed by atoms with Gasteiger partial charge in [0.25, 0.3) is 11.8 Å². The van der Waals surface area contributed by atoms with Gasteiger partial charge in [-0.15, -0.1) is 0 Å². The van der Waals surface area contributed by atoms with Crippen molar-refractivity contribution >= 4 is 38.4 Å². The molecule has 0 fully saturated rings. The van der Waals surface area contributed by atoms with E-state index >= 15 is 0 Å². The number of hydrazine groups is 1. The Kier molecular flexibility index (Phi) is 6.99. The molecule has 0 spiro atoms. The van der Waals surface area contributed by atoms with Crippen LogP contribution in [0.1, 0.15) is 16.8 Å². The van der Waals surface area contributed by atoms with Crippen LogP contribution in [0.2, 0.25) is 0 Å². The SMILES string of the molecule is O=C(COC(=O)CCS(=O)(=O)c1ccc2ccccc2c1)NNC(=O)c1ccccc1. The van der Waals surface area contributed by atoms with E-state index < -0.39 is 46.4 Å². The largest absolute Gasteiger partial charge is 0.455 e. The first-order valence-corrected chi connectivity index (χ1v) is 11.0. The van der Waals surface area contributed by atoms with Gasteiger partial charge in [0.05, 0.1) is 17.1 Å². The zero-order chi connectivity index (χ0) is 22.3. The van der Waals surface area contributed by atoms with E-state index in [4.69, 9.17) is 4.74 Å². The van der Waals surface area contributed by atoms with Crippen LogP contribution in [0.15, 0.2) is 77.7 Å². The van der Waals surface area contributed by atoms with Gasteiger partial charge in [0.1, 0.15) is 0 Å². The van der Waals surface area contributed by atoms with Gasteiger partial charge >= 0.3 is 5.97 Å². The van der Waals surface area contributed by atoms with Crippen molar-refractivity contribution in [2.45, 2.75) is 11.3 Å². The maximum Gasteiger partial charge on any atom is 0.307 e. The molecular formula is C22H20N2O6S. The maximum absolute atomic E-state index is 12.5. The third kappa shape index (κ3) is 6.13. The molecule has 0 saturated heterocycles. The standard InChI is InChI=1S/C22H20N2O6S/c25-20(23-24-22(27)17-7-2-1-3-8-17)15-30-21(26)12-13-31(28,29)19-11-10-16-6-4-5-9-18(16)14-19/h1-11,14H,12-13,15H2,(H,23,25)(H,24,27). The highest BCUT2D eigenvalue weighted by molar-refractivity contribution is 7.91. The van der Waals surface area contributed by atoms with E-state index in [2.05, 4.69) is 10.9 Å². The molecule has 0 saturated carbocycles. The fraction of sp³-hybridized carbons (Fsp3) is 0.136. The minimum absolute atomic E-state index is 0.111. The highest BCUT2D eigenvalue weighted by atomic mass is 32.2. The Morgan fingerprint density at radius 1 is 0.806 bits per heavy atom. The van der Waals surface area contributed by atoms with Gasteiger partial charge in [-0.05, 0) is 35.0 Å². The summed E-state index contributed by atoms with van der Waals surface area (Å²) in [5.74, 6) is -2.57. The number of fused-ring (bicyclic) bond motifs is 1. The van der Waals surface area contributed by atoms with E-state index in [0.717, 1.165) is 10.8 Å². The number of carbonyl (C=O) groups is 3. The van der Waals surface area contributed by atoms with E-state index in [1.54, 1.807) is 48.5 Å². The summed E-state index contributed by atoms with van der Waals surface area (Å²) in [5, 5.41) is 1.69. The molecule has 0 aliphatic carbocycles. The van der Waals surface area contributed by atoms with Crippen LogP contribution in [0.25, 0.3) is 10.8 Å². The molecule has 0 aromatic heterocycles. The average molecular weight is 440 g/mol. The molecule has 31 heavy (non-hydrogen) atoms. The van der Waals surface area contributed by atoms with Crippen molar-refractivity contribution in [3.63, 3.8) is 0 Å². The lowest BCUT2D eigenvalue weighted by atomic mass is 10.1. The van der Waals surface area contributed by atoms with Crippen LogP contribution >= 0.6 is 0 Å². The van der Waals surface area contributed by atoms with E-state index in [0.29, 0.717) is 5.56 Å². The summed E-state index contributed by atoms with van der Waals surface area (Å²) in [6.45, 7) is -0.649. The van der Waals surface area contributed by atoms with Crippen LogP contribution in [0.3, 0.4) is 0 Å². The Bertz CT molecular complexity index is 1210. The quantitative estimate of drug-likeness (QED) is 0.429. The Labute approximate surface area is 179 Å². The minimum atomic E-state index is -3.70. The lowest BCUT2D eigenvalue weighted by Gasteiger charge is -2.09. The summed E-state index contributed by atoms with van der Waals surface area (Å²) in [4.78, 5) is 35.5. The van der Waals surface area contributed by atoms with Crippen molar-refractivity contribution in [1.29, 1.82) is 0 Å². The van der Waals surface area contributed by atoms with Crippen molar-refractivity contribution in [1.82, 2.24) is 10.9 Å². The van der Waals surface area contributed by atoms with Gasteiger partial charge in [-0.1, -0.05) is 48.5 Å². The van der Waals surface area contributed by atoms with Gasteiger partial charge in [-0.2, -0.15) is 0 Å². The van der Waals surface area contributed by atoms with Gasteiger partial charge < -0.3 is 4.74 Å². The second-order valence-electron chi connectivity index (χ2n) is 6.61. The predicted molar refractivity (Wildman–Crippen MR) is 114 cm³/mol. The molecule has 8 nitrogen and oxygen atoms in total. The Morgan fingerprint density at radius 2 is 1.48 bits per heavy atom. The summed E-state index contributed by atoms with van der Waals surface area (Å²) in [7, 11) is -3.70. The Balaban J connectivity index is 1.44. The number of esters is 1.